The highest BCUT2D eigenvalue weighted by Gasteiger charge is 2.11. The van der Waals surface area contributed by atoms with Crippen LogP contribution in [0.1, 0.15) is 49.1 Å². The van der Waals surface area contributed by atoms with Gasteiger partial charge in [0.1, 0.15) is 17.3 Å². The first-order valence-electron chi connectivity index (χ1n) is 8.47. The highest BCUT2D eigenvalue weighted by atomic mass is 16.1. The van der Waals surface area contributed by atoms with Crippen LogP contribution in [0.15, 0.2) is 30.3 Å². The van der Waals surface area contributed by atoms with Gasteiger partial charge in [-0.1, -0.05) is 32.9 Å². The number of nitrogens with one attached hydrogen (secondary N) is 2. The zero-order chi connectivity index (χ0) is 17.5. The number of aryl methyl sites for hydroxylation is 2. The van der Waals surface area contributed by atoms with Crippen LogP contribution in [0.3, 0.4) is 0 Å². The SMILES string of the molecule is CCc1ccc(NC(=O)c2cc(NCCC(C)C)nc(C)n2)cc1. The molecule has 2 rings (SSSR count). The predicted octanol–water partition coefficient (Wildman–Crippen LogP) is 4.06. The van der Waals surface area contributed by atoms with Crippen molar-refractivity contribution >= 4 is 17.4 Å². The van der Waals surface area contributed by atoms with Crippen LogP contribution in [-0.4, -0.2) is 22.4 Å². The number of anilines is 2. The average molecular weight is 326 g/mol. The summed E-state index contributed by atoms with van der Waals surface area (Å²) in [5, 5.41) is 6.14. The van der Waals surface area contributed by atoms with E-state index in [2.05, 4.69) is 41.4 Å². The van der Waals surface area contributed by atoms with E-state index < -0.39 is 0 Å². The third-order valence-corrected chi connectivity index (χ3v) is 3.72. The summed E-state index contributed by atoms with van der Waals surface area (Å²) >= 11 is 0. The lowest BCUT2D eigenvalue weighted by molar-refractivity contribution is 0.102. The normalized spacial score (nSPS) is 10.7. The molecule has 24 heavy (non-hydrogen) atoms. The fraction of sp³-hybridized carbons (Fsp3) is 0.421. The molecule has 0 unspecified atom stereocenters. The van der Waals surface area contributed by atoms with Crippen molar-refractivity contribution in [2.75, 3.05) is 17.2 Å². The van der Waals surface area contributed by atoms with Crippen LogP contribution in [0.25, 0.3) is 0 Å². The quantitative estimate of drug-likeness (QED) is 0.805. The van der Waals surface area contributed by atoms with Gasteiger partial charge in [0.25, 0.3) is 5.91 Å². The van der Waals surface area contributed by atoms with Crippen LogP contribution in [0, 0.1) is 12.8 Å². The Hall–Kier alpha value is -2.43. The molecular formula is C19H26N4O. The Morgan fingerprint density at radius 1 is 1.17 bits per heavy atom. The summed E-state index contributed by atoms with van der Waals surface area (Å²) < 4.78 is 0. The molecule has 1 heterocycles. The number of nitrogens with zero attached hydrogens (tertiary/aromatic N) is 2. The van der Waals surface area contributed by atoms with Crippen LogP contribution in [0.2, 0.25) is 0 Å². The van der Waals surface area contributed by atoms with E-state index in [1.54, 1.807) is 13.0 Å². The molecule has 1 aromatic carbocycles. The Labute approximate surface area is 143 Å². The Bertz CT molecular complexity index is 680. The monoisotopic (exact) mass is 326 g/mol. The fourth-order valence-corrected chi connectivity index (χ4v) is 2.28. The Morgan fingerprint density at radius 3 is 2.50 bits per heavy atom. The molecule has 0 radical (unpaired) electrons. The Kier molecular flexibility index (Phi) is 6.29. The molecular weight excluding hydrogens is 300 g/mol. The molecule has 128 valence electrons. The van der Waals surface area contributed by atoms with Crippen molar-refractivity contribution in [3.8, 4) is 0 Å². The van der Waals surface area contributed by atoms with Crippen molar-refractivity contribution < 1.29 is 4.79 Å². The molecule has 2 aromatic rings. The van der Waals surface area contributed by atoms with Gasteiger partial charge in [-0.15, -0.1) is 0 Å². The van der Waals surface area contributed by atoms with Gasteiger partial charge < -0.3 is 10.6 Å². The zero-order valence-corrected chi connectivity index (χ0v) is 14.9. The topological polar surface area (TPSA) is 66.9 Å². The van der Waals surface area contributed by atoms with Crippen LogP contribution in [-0.2, 0) is 6.42 Å². The molecule has 0 spiro atoms. The Morgan fingerprint density at radius 2 is 1.88 bits per heavy atom. The molecule has 0 fully saturated rings. The number of benzene rings is 1. The molecule has 0 aliphatic rings. The number of hydrogen-bond donors (Lipinski definition) is 2. The number of carbonyl (C=O) groups excluding carboxylic acids is 1. The summed E-state index contributed by atoms with van der Waals surface area (Å²) in [6.45, 7) is 9.07. The lowest BCUT2D eigenvalue weighted by atomic mass is 10.1. The lowest BCUT2D eigenvalue weighted by Gasteiger charge is -2.10. The minimum Gasteiger partial charge on any atom is -0.370 e. The van der Waals surface area contributed by atoms with E-state index in [0.29, 0.717) is 23.3 Å². The van der Waals surface area contributed by atoms with Crippen LogP contribution >= 0.6 is 0 Å². The molecule has 0 bridgehead atoms. The third kappa shape index (κ3) is 5.33. The molecule has 1 amide bonds. The molecule has 0 atom stereocenters. The van der Waals surface area contributed by atoms with E-state index in [1.165, 1.54) is 5.56 Å². The van der Waals surface area contributed by atoms with Crippen molar-refractivity contribution in [3.63, 3.8) is 0 Å². The maximum Gasteiger partial charge on any atom is 0.274 e. The maximum atomic E-state index is 12.4. The molecule has 0 saturated carbocycles. The summed E-state index contributed by atoms with van der Waals surface area (Å²) in [5.74, 6) is 1.66. The second-order valence-electron chi connectivity index (χ2n) is 6.30. The van der Waals surface area contributed by atoms with Gasteiger partial charge in [-0.05, 0) is 43.4 Å². The van der Waals surface area contributed by atoms with Crippen molar-refractivity contribution in [1.82, 2.24) is 9.97 Å². The molecule has 0 aliphatic carbocycles. The number of carbonyl (C=O) groups is 1. The molecule has 0 aliphatic heterocycles. The highest BCUT2D eigenvalue weighted by molar-refractivity contribution is 6.03. The van der Waals surface area contributed by atoms with E-state index in [9.17, 15) is 4.79 Å². The van der Waals surface area contributed by atoms with E-state index in [1.807, 2.05) is 24.3 Å². The minimum atomic E-state index is -0.225. The van der Waals surface area contributed by atoms with Gasteiger partial charge in [0, 0.05) is 18.3 Å². The van der Waals surface area contributed by atoms with Crippen LogP contribution < -0.4 is 10.6 Å². The summed E-state index contributed by atoms with van der Waals surface area (Å²) in [4.78, 5) is 21.0. The molecule has 5 nitrogen and oxygen atoms in total. The van der Waals surface area contributed by atoms with E-state index in [4.69, 9.17) is 0 Å². The van der Waals surface area contributed by atoms with Gasteiger partial charge in [-0.3, -0.25) is 4.79 Å². The van der Waals surface area contributed by atoms with Crippen molar-refractivity contribution in [1.29, 1.82) is 0 Å². The standard InChI is InChI=1S/C19H26N4O/c1-5-15-6-8-16(9-7-15)23-19(24)17-12-18(22-14(4)21-17)20-11-10-13(2)3/h6-9,12-13H,5,10-11H2,1-4H3,(H,23,24)(H,20,21,22). The zero-order valence-electron chi connectivity index (χ0n) is 14.9. The van der Waals surface area contributed by atoms with Crippen molar-refractivity contribution in [2.45, 2.75) is 40.5 Å². The molecule has 0 saturated heterocycles. The molecule has 1 aromatic heterocycles. The Balaban J connectivity index is 2.06. The first kappa shape index (κ1) is 17.9. The second kappa shape index (κ2) is 8.43. The third-order valence-electron chi connectivity index (χ3n) is 3.72. The summed E-state index contributed by atoms with van der Waals surface area (Å²) in [5.41, 5.74) is 2.37. The van der Waals surface area contributed by atoms with Crippen LogP contribution in [0.4, 0.5) is 11.5 Å². The number of hydrogen-bond acceptors (Lipinski definition) is 4. The minimum absolute atomic E-state index is 0.225. The van der Waals surface area contributed by atoms with Crippen LogP contribution in [0.5, 0.6) is 0 Å². The van der Waals surface area contributed by atoms with Gasteiger partial charge in [0.2, 0.25) is 0 Å². The van der Waals surface area contributed by atoms with Gasteiger partial charge in [0.05, 0.1) is 0 Å². The first-order chi connectivity index (χ1) is 11.5. The smallest absolute Gasteiger partial charge is 0.274 e. The fourth-order valence-electron chi connectivity index (χ4n) is 2.28. The van der Waals surface area contributed by atoms with E-state index >= 15 is 0 Å². The summed E-state index contributed by atoms with van der Waals surface area (Å²) in [6.07, 6.45) is 2.03. The largest absolute Gasteiger partial charge is 0.370 e. The summed E-state index contributed by atoms with van der Waals surface area (Å²) in [7, 11) is 0. The van der Waals surface area contributed by atoms with Gasteiger partial charge in [0.15, 0.2) is 0 Å². The number of amides is 1. The number of rotatable bonds is 7. The first-order valence-corrected chi connectivity index (χ1v) is 8.47. The van der Waals surface area contributed by atoms with Crippen molar-refractivity contribution in [2.24, 2.45) is 5.92 Å². The molecule has 5 heteroatoms. The maximum absolute atomic E-state index is 12.4. The lowest BCUT2D eigenvalue weighted by Crippen LogP contribution is -2.16. The highest BCUT2D eigenvalue weighted by Crippen LogP contribution is 2.13. The molecule has 2 N–H and O–H groups in total. The second-order valence-corrected chi connectivity index (χ2v) is 6.30. The number of aromatic nitrogens is 2. The van der Waals surface area contributed by atoms with E-state index in [-0.39, 0.29) is 5.91 Å². The average Bonchev–Trinajstić information content (AvgIpc) is 2.54. The van der Waals surface area contributed by atoms with Crippen molar-refractivity contribution in [3.05, 3.63) is 47.4 Å². The van der Waals surface area contributed by atoms with E-state index in [0.717, 1.165) is 25.1 Å². The van der Waals surface area contributed by atoms with Gasteiger partial charge >= 0.3 is 0 Å². The predicted molar refractivity (Wildman–Crippen MR) is 98.5 cm³/mol. The van der Waals surface area contributed by atoms with Gasteiger partial charge in [-0.2, -0.15) is 0 Å². The van der Waals surface area contributed by atoms with Gasteiger partial charge in [-0.25, -0.2) is 9.97 Å². The summed E-state index contributed by atoms with van der Waals surface area (Å²) in [6, 6.07) is 9.54.